The highest BCUT2D eigenvalue weighted by molar-refractivity contribution is 5.79. The number of piperazine rings is 1. The van der Waals surface area contributed by atoms with Crippen LogP contribution in [0.2, 0.25) is 0 Å². The summed E-state index contributed by atoms with van der Waals surface area (Å²) in [5, 5.41) is 3.38. The molecule has 0 radical (unpaired) electrons. The third kappa shape index (κ3) is 2.97. The third-order valence-electron chi connectivity index (χ3n) is 5.34. The van der Waals surface area contributed by atoms with E-state index in [1.54, 1.807) is 12.1 Å². The maximum absolute atomic E-state index is 14.1. The smallest absolute Gasteiger partial charge is 0.236 e. The highest BCUT2D eigenvalue weighted by Gasteiger charge is 2.36. The molecule has 1 fully saturated rings. The normalized spacial score (nSPS) is 22.5. The van der Waals surface area contributed by atoms with E-state index in [2.05, 4.69) is 17.4 Å². The number of halogens is 1. The number of nitrogens with one attached hydrogen (secondary N) is 1. The highest BCUT2D eigenvalue weighted by atomic mass is 19.1. The Bertz CT molecular complexity index is 837. The second-order valence-corrected chi connectivity index (χ2v) is 7.27. The summed E-state index contributed by atoms with van der Waals surface area (Å²) in [6.07, 6.45) is 0. The molecule has 0 aliphatic carbocycles. The van der Waals surface area contributed by atoms with E-state index in [1.807, 2.05) is 30.9 Å². The summed E-state index contributed by atoms with van der Waals surface area (Å²) in [6, 6.07) is 13.0. The number of hydrogen-bond donors (Lipinski definition) is 1. The van der Waals surface area contributed by atoms with Crippen LogP contribution in [0.25, 0.3) is 0 Å². The van der Waals surface area contributed by atoms with Gasteiger partial charge in [-0.05, 0) is 43.2 Å². The minimum atomic E-state index is -0.274. The van der Waals surface area contributed by atoms with Gasteiger partial charge in [0.2, 0.25) is 5.91 Å². The van der Waals surface area contributed by atoms with Gasteiger partial charge in [-0.3, -0.25) is 4.79 Å². The fraction of sp³-hybridized carbons (Fsp3) is 0.381. The van der Waals surface area contributed by atoms with Gasteiger partial charge >= 0.3 is 0 Å². The SMILES string of the molecule is CC(C)N1CC(C2c3ccccc3COc3ccc(F)cc32)NCC1=O. The van der Waals surface area contributed by atoms with Crippen LogP contribution in [0.15, 0.2) is 42.5 Å². The van der Waals surface area contributed by atoms with Gasteiger partial charge in [-0.25, -0.2) is 4.39 Å². The maximum Gasteiger partial charge on any atom is 0.236 e. The van der Waals surface area contributed by atoms with Crippen LogP contribution >= 0.6 is 0 Å². The summed E-state index contributed by atoms with van der Waals surface area (Å²) < 4.78 is 20.0. The van der Waals surface area contributed by atoms with E-state index in [0.29, 0.717) is 25.4 Å². The topological polar surface area (TPSA) is 41.6 Å². The van der Waals surface area contributed by atoms with Crippen LogP contribution in [0.5, 0.6) is 5.75 Å². The molecule has 26 heavy (non-hydrogen) atoms. The number of carbonyl (C=O) groups is 1. The van der Waals surface area contributed by atoms with Crippen molar-refractivity contribution in [3.05, 3.63) is 65.0 Å². The zero-order chi connectivity index (χ0) is 18.3. The van der Waals surface area contributed by atoms with Gasteiger partial charge in [0.1, 0.15) is 18.2 Å². The summed E-state index contributed by atoms with van der Waals surface area (Å²) >= 11 is 0. The second-order valence-electron chi connectivity index (χ2n) is 7.27. The second kappa shape index (κ2) is 6.72. The molecule has 2 heterocycles. The Labute approximate surface area is 153 Å². The van der Waals surface area contributed by atoms with Gasteiger partial charge in [-0.1, -0.05) is 24.3 Å². The molecular weight excluding hydrogens is 331 g/mol. The molecule has 0 saturated carbocycles. The number of hydrogen-bond acceptors (Lipinski definition) is 3. The van der Waals surface area contributed by atoms with Crippen LogP contribution in [0.4, 0.5) is 4.39 Å². The van der Waals surface area contributed by atoms with Crippen LogP contribution in [0, 0.1) is 5.82 Å². The van der Waals surface area contributed by atoms with Crippen molar-refractivity contribution >= 4 is 5.91 Å². The standard InChI is InChI=1S/C21H23FN2O2/c1-13(2)24-11-18(23-10-20(24)25)21-16-6-4-3-5-14(16)12-26-19-8-7-15(22)9-17(19)21/h3-9,13,18,21,23H,10-12H2,1-2H3. The number of rotatable bonds is 2. The molecule has 4 nitrogen and oxygen atoms in total. The quantitative estimate of drug-likeness (QED) is 0.901. The van der Waals surface area contributed by atoms with Crippen LogP contribution in [-0.4, -0.2) is 36.0 Å². The molecule has 1 amide bonds. The van der Waals surface area contributed by atoms with Gasteiger partial charge in [0.25, 0.3) is 0 Å². The Morgan fingerprint density at radius 3 is 2.81 bits per heavy atom. The summed E-state index contributed by atoms with van der Waals surface area (Å²) in [7, 11) is 0. The van der Waals surface area contributed by atoms with E-state index in [0.717, 1.165) is 16.7 Å². The number of carbonyl (C=O) groups excluding carboxylic acids is 1. The molecule has 136 valence electrons. The summed E-state index contributed by atoms with van der Waals surface area (Å²) in [4.78, 5) is 14.2. The largest absolute Gasteiger partial charge is 0.489 e. The first-order chi connectivity index (χ1) is 12.5. The Morgan fingerprint density at radius 1 is 1.19 bits per heavy atom. The molecule has 1 N–H and O–H groups in total. The molecule has 2 unspecified atom stereocenters. The van der Waals surface area contributed by atoms with Gasteiger partial charge in [0.05, 0.1) is 6.54 Å². The van der Waals surface area contributed by atoms with Gasteiger partial charge in [-0.2, -0.15) is 0 Å². The van der Waals surface area contributed by atoms with Crippen LogP contribution < -0.4 is 10.1 Å². The third-order valence-corrected chi connectivity index (χ3v) is 5.34. The monoisotopic (exact) mass is 354 g/mol. The summed E-state index contributed by atoms with van der Waals surface area (Å²) in [5.41, 5.74) is 3.07. The van der Waals surface area contributed by atoms with Crippen molar-refractivity contribution in [1.82, 2.24) is 10.2 Å². The Kier molecular flexibility index (Phi) is 4.41. The fourth-order valence-corrected chi connectivity index (χ4v) is 4.04. The van der Waals surface area contributed by atoms with Gasteiger partial charge in [-0.15, -0.1) is 0 Å². The minimum absolute atomic E-state index is 0.00139. The molecule has 2 aliphatic rings. The van der Waals surface area contributed by atoms with E-state index in [1.165, 1.54) is 6.07 Å². The molecule has 0 aromatic heterocycles. The number of benzene rings is 2. The Balaban J connectivity index is 1.81. The fourth-order valence-electron chi connectivity index (χ4n) is 4.04. The lowest BCUT2D eigenvalue weighted by Gasteiger charge is -2.40. The predicted molar refractivity (Wildman–Crippen MR) is 97.7 cm³/mol. The van der Waals surface area contributed by atoms with Crippen LogP contribution in [0.1, 0.15) is 36.5 Å². The van der Waals surface area contributed by atoms with Crippen LogP contribution in [0.3, 0.4) is 0 Å². The van der Waals surface area contributed by atoms with Gasteiger partial charge in [0, 0.05) is 30.1 Å². The first-order valence-electron chi connectivity index (χ1n) is 9.07. The molecule has 2 atom stereocenters. The molecule has 0 bridgehead atoms. The summed E-state index contributed by atoms with van der Waals surface area (Å²) in [5.74, 6) is 0.467. The maximum atomic E-state index is 14.1. The van der Waals surface area contributed by atoms with E-state index in [4.69, 9.17) is 4.74 Å². The lowest BCUT2D eigenvalue weighted by atomic mass is 9.81. The first-order valence-corrected chi connectivity index (χ1v) is 9.07. The molecule has 0 spiro atoms. The average molecular weight is 354 g/mol. The van der Waals surface area contributed by atoms with Crippen molar-refractivity contribution in [2.24, 2.45) is 0 Å². The molecule has 2 aromatic carbocycles. The van der Waals surface area contributed by atoms with Crippen molar-refractivity contribution in [1.29, 1.82) is 0 Å². The van der Waals surface area contributed by atoms with E-state index in [9.17, 15) is 9.18 Å². The van der Waals surface area contributed by atoms with Crippen molar-refractivity contribution in [2.45, 2.75) is 38.5 Å². The molecule has 4 rings (SSSR count). The Morgan fingerprint density at radius 2 is 2.00 bits per heavy atom. The average Bonchev–Trinajstić information content (AvgIpc) is 2.78. The molecule has 5 heteroatoms. The zero-order valence-electron chi connectivity index (χ0n) is 15.0. The number of ether oxygens (including phenoxy) is 1. The summed E-state index contributed by atoms with van der Waals surface area (Å²) in [6.45, 7) is 5.40. The first kappa shape index (κ1) is 17.0. The van der Waals surface area contributed by atoms with E-state index < -0.39 is 0 Å². The van der Waals surface area contributed by atoms with Gasteiger partial charge < -0.3 is 15.0 Å². The van der Waals surface area contributed by atoms with Crippen molar-refractivity contribution in [3.63, 3.8) is 0 Å². The molecule has 2 aliphatic heterocycles. The minimum Gasteiger partial charge on any atom is -0.489 e. The van der Waals surface area contributed by atoms with E-state index in [-0.39, 0.29) is 29.7 Å². The van der Waals surface area contributed by atoms with Crippen molar-refractivity contribution < 1.29 is 13.9 Å². The van der Waals surface area contributed by atoms with E-state index >= 15 is 0 Å². The van der Waals surface area contributed by atoms with Gasteiger partial charge in [0.15, 0.2) is 0 Å². The highest BCUT2D eigenvalue weighted by Crippen LogP contribution is 2.40. The Hall–Kier alpha value is -2.40. The number of amides is 1. The van der Waals surface area contributed by atoms with Crippen molar-refractivity contribution in [2.75, 3.05) is 13.1 Å². The molecule has 2 aromatic rings. The molecule has 1 saturated heterocycles. The van der Waals surface area contributed by atoms with Crippen molar-refractivity contribution in [3.8, 4) is 5.75 Å². The zero-order valence-corrected chi connectivity index (χ0v) is 15.0. The number of nitrogens with zero attached hydrogens (tertiary/aromatic N) is 1. The lowest BCUT2D eigenvalue weighted by molar-refractivity contribution is -0.134. The number of fused-ring (bicyclic) bond motifs is 2. The lowest BCUT2D eigenvalue weighted by Crippen LogP contribution is -2.58. The molecular formula is C21H23FN2O2. The van der Waals surface area contributed by atoms with Crippen LogP contribution in [-0.2, 0) is 11.4 Å². The predicted octanol–water partition coefficient (Wildman–Crippen LogP) is 3.06.